The topological polar surface area (TPSA) is 38.9 Å². The van der Waals surface area contributed by atoms with Gasteiger partial charge in [0.2, 0.25) is 5.71 Å². The van der Waals surface area contributed by atoms with Crippen molar-refractivity contribution >= 4 is 34.5 Å². The number of fused-ring (bicyclic) bond motifs is 1. The van der Waals surface area contributed by atoms with Crippen LogP contribution >= 0.6 is 23.4 Å². The molecule has 3 nitrogen and oxygen atoms in total. The van der Waals surface area contributed by atoms with Crippen LogP contribution in [-0.2, 0) is 0 Å². The lowest BCUT2D eigenvalue weighted by atomic mass is 10.00. The van der Waals surface area contributed by atoms with Crippen molar-refractivity contribution < 1.29 is 4.42 Å². The number of hydrogen-bond acceptors (Lipinski definition) is 4. The fourth-order valence-corrected chi connectivity index (χ4v) is 4.45. The molecule has 140 valence electrons. The van der Waals surface area contributed by atoms with Crippen LogP contribution in [0.5, 0.6) is 0 Å². The summed E-state index contributed by atoms with van der Waals surface area (Å²) >= 11 is 7.91. The molecule has 29 heavy (non-hydrogen) atoms. The van der Waals surface area contributed by atoms with Gasteiger partial charge in [-0.1, -0.05) is 96.2 Å². The number of benzene rings is 3. The van der Waals surface area contributed by atoms with Gasteiger partial charge < -0.3 is 4.42 Å². The third-order valence-electron chi connectivity index (χ3n) is 4.60. The molecule has 0 aliphatic carbocycles. The summed E-state index contributed by atoms with van der Waals surface area (Å²) < 4.78 is 6.25. The highest BCUT2D eigenvalue weighted by Gasteiger charge is 2.22. The van der Waals surface area contributed by atoms with E-state index in [9.17, 15) is 0 Å². The molecule has 5 rings (SSSR count). The van der Waals surface area contributed by atoms with Gasteiger partial charge in [0, 0.05) is 16.0 Å². The Labute approximate surface area is 177 Å². The minimum Gasteiger partial charge on any atom is -0.437 e. The fourth-order valence-electron chi connectivity index (χ4n) is 3.29. The van der Waals surface area contributed by atoms with Gasteiger partial charge in [0.1, 0.15) is 17.1 Å². The van der Waals surface area contributed by atoms with E-state index in [0.717, 1.165) is 37.8 Å². The van der Waals surface area contributed by atoms with E-state index >= 15 is 0 Å². The number of aromatic nitrogens is 2. The second kappa shape index (κ2) is 7.74. The van der Waals surface area contributed by atoms with Crippen LogP contribution in [0.15, 0.2) is 106 Å². The van der Waals surface area contributed by atoms with Crippen molar-refractivity contribution in [2.75, 3.05) is 0 Å². The summed E-state index contributed by atoms with van der Waals surface area (Å²) in [6.45, 7) is 0. The Morgan fingerprint density at radius 2 is 1.38 bits per heavy atom. The van der Waals surface area contributed by atoms with Gasteiger partial charge in [0.25, 0.3) is 0 Å². The standard InChI is InChI=1S/C24H15ClN2OS/c25-18-13-7-8-14-19(18)29-24-21-20(16-9-3-1-4-10-16)22(17-11-5-2-6-12-17)28-23(21)26-15-27-24/h1-15H. The minimum atomic E-state index is 0.562. The third-order valence-corrected chi connectivity index (χ3v) is 6.12. The van der Waals surface area contributed by atoms with Crippen molar-refractivity contribution in [1.29, 1.82) is 0 Å². The summed E-state index contributed by atoms with van der Waals surface area (Å²) in [5.41, 5.74) is 3.60. The van der Waals surface area contributed by atoms with E-state index in [1.165, 1.54) is 18.1 Å². The molecular weight excluding hydrogens is 400 g/mol. The Morgan fingerprint density at radius 3 is 2.10 bits per heavy atom. The maximum Gasteiger partial charge on any atom is 0.231 e. The van der Waals surface area contributed by atoms with Crippen LogP contribution < -0.4 is 0 Å². The average Bonchev–Trinajstić information content (AvgIpc) is 3.17. The Balaban J connectivity index is 1.78. The van der Waals surface area contributed by atoms with Crippen LogP contribution in [0.4, 0.5) is 0 Å². The van der Waals surface area contributed by atoms with Gasteiger partial charge in [0.05, 0.1) is 10.4 Å². The molecule has 0 spiro atoms. The van der Waals surface area contributed by atoms with Gasteiger partial charge in [-0.2, -0.15) is 0 Å². The van der Waals surface area contributed by atoms with Crippen LogP contribution in [0.3, 0.4) is 0 Å². The second-order valence-electron chi connectivity index (χ2n) is 6.43. The number of halogens is 1. The maximum absolute atomic E-state index is 6.40. The third kappa shape index (κ3) is 3.41. The quantitative estimate of drug-likeness (QED) is 0.288. The molecule has 3 aromatic carbocycles. The number of rotatable bonds is 4. The molecule has 0 bridgehead atoms. The van der Waals surface area contributed by atoms with E-state index in [1.54, 1.807) is 0 Å². The number of hydrogen-bond donors (Lipinski definition) is 0. The Kier molecular flexibility index (Phi) is 4.80. The lowest BCUT2D eigenvalue weighted by molar-refractivity contribution is 0.617. The highest BCUT2D eigenvalue weighted by atomic mass is 35.5. The largest absolute Gasteiger partial charge is 0.437 e. The van der Waals surface area contributed by atoms with E-state index in [1.807, 2.05) is 72.8 Å². The normalized spacial score (nSPS) is 11.1. The number of nitrogens with zero attached hydrogens (tertiary/aromatic N) is 2. The van der Waals surface area contributed by atoms with E-state index in [2.05, 4.69) is 22.1 Å². The molecule has 0 N–H and O–H groups in total. The van der Waals surface area contributed by atoms with Gasteiger partial charge in [-0.25, -0.2) is 9.97 Å². The molecule has 0 unspecified atom stereocenters. The lowest BCUT2D eigenvalue weighted by Crippen LogP contribution is -1.87. The zero-order valence-electron chi connectivity index (χ0n) is 15.2. The zero-order valence-corrected chi connectivity index (χ0v) is 16.8. The van der Waals surface area contributed by atoms with Crippen molar-refractivity contribution in [2.24, 2.45) is 0 Å². The summed E-state index contributed by atoms with van der Waals surface area (Å²) in [5.74, 6) is 0.785. The molecule has 5 heteroatoms. The first kappa shape index (κ1) is 18.0. The van der Waals surface area contributed by atoms with Crippen molar-refractivity contribution in [3.63, 3.8) is 0 Å². The monoisotopic (exact) mass is 414 g/mol. The first-order valence-electron chi connectivity index (χ1n) is 9.12. The molecule has 0 radical (unpaired) electrons. The summed E-state index contributed by atoms with van der Waals surface area (Å²) in [4.78, 5) is 9.92. The summed E-state index contributed by atoms with van der Waals surface area (Å²) in [6, 6.07) is 28.0. The molecule has 0 saturated heterocycles. The Morgan fingerprint density at radius 1 is 0.724 bits per heavy atom. The van der Waals surface area contributed by atoms with Crippen molar-refractivity contribution in [1.82, 2.24) is 9.97 Å². The molecular formula is C24H15ClN2OS. The molecule has 0 saturated carbocycles. The van der Waals surface area contributed by atoms with Gasteiger partial charge in [-0.3, -0.25) is 0 Å². The van der Waals surface area contributed by atoms with Gasteiger partial charge in [0.15, 0.2) is 0 Å². The van der Waals surface area contributed by atoms with E-state index < -0.39 is 0 Å². The van der Waals surface area contributed by atoms with Gasteiger partial charge in [-0.05, 0) is 17.7 Å². The van der Waals surface area contributed by atoms with Crippen LogP contribution in [0.2, 0.25) is 5.02 Å². The maximum atomic E-state index is 6.40. The Bertz CT molecular complexity index is 1290. The summed E-state index contributed by atoms with van der Waals surface area (Å²) in [5, 5.41) is 2.40. The van der Waals surface area contributed by atoms with Crippen molar-refractivity contribution in [3.05, 3.63) is 96.3 Å². The summed E-state index contributed by atoms with van der Waals surface area (Å²) in [6.07, 6.45) is 1.54. The SMILES string of the molecule is Clc1ccccc1Sc1ncnc2oc(-c3ccccc3)c(-c3ccccc3)c12. The van der Waals surface area contributed by atoms with E-state index in [-0.39, 0.29) is 0 Å². The molecule has 2 heterocycles. The first-order valence-corrected chi connectivity index (χ1v) is 10.3. The minimum absolute atomic E-state index is 0.562. The zero-order chi connectivity index (χ0) is 19.6. The highest BCUT2D eigenvalue weighted by molar-refractivity contribution is 7.99. The molecule has 5 aromatic rings. The number of furan rings is 1. The predicted molar refractivity (Wildman–Crippen MR) is 118 cm³/mol. The van der Waals surface area contributed by atoms with Crippen LogP contribution in [0.25, 0.3) is 33.6 Å². The molecule has 2 aromatic heterocycles. The average molecular weight is 415 g/mol. The fraction of sp³-hybridized carbons (Fsp3) is 0. The second-order valence-corrected chi connectivity index (χ2v) is 7.87. The Hall–Kier alpha value is -3.08. The van der Waals surface area contributed by atoms with Crippen LogP contribution in [0.1, 0.15) is 0 Å². The van der Waals surface area contributed by atoms with Gasteiger partial charge >= 0.3 is 0 Å². The first-order chi connectivity index (χ1) is 14.3. The van der Waals surface area contributed by atoms with Crippen molar-refractivity contribution in [2.45, 2.75) is 9.92 Å². The highest BCUT2D eigenvalue weighted by Crippen LogP contribution is 2.45. The summed E-state index contributed by atoms with van der Waals surface area (Å²) in [7, 11) is 0. The lowest BCUT2D eigenvalue weighted by Gasteiger charge is -2.07. The molecule has 0 atom stereocenters. The van der Waals surface area contributed by atoms with Crippen molar-refractivity contribution in [3.8, 4) is 22.5 Å². The molecule has 0 aliphatic rings. The van der Waals surface area contributed by atoms with E-state index in [0.29, 0.717) is 10.7 Å². The predicted octanol–water partition coefficient (Wildman–Crippen LogP) is 7.36. The van der Waals surface area contributed by atoms with Crippen LogP contribution in [-0.4, -0.2) is 9.97 Å². The molecule has 0 fully saturated rings. The van der Waals surface area contributed by atoms with Gasteiger partial charge in [-0.15, -0.1) is 0 Å². The molecule has 0 amide bonds. The molecule has 0 aliphatic heterocycles. The van der Waals surface area contributed by atoms with Crippen LogP contribution in [0, 0.1) is 0 Å². The van der Waals surface area contributed by atoms with E-state index in [4.69, 9.17) is 16.0 Å². The smallest absolute Gasteiger partial charge is 0.231 e.